The molecule has 0 saturated heterocycles. The zero-order chi connectivity index (χ0) is 5.70. The standard InChI is InChI=1S/C4H8O3.K.H/c1-3-7-4(5)6-2;;/h3H2,1-2H3;;/q;+1;-1. The smallest absolute Gasteiger partial charge is 1.00 e. The monoisotopic (exact) mass is 144 g/mol. The minimum Gasteiger partial charge on any atom is -1.00 e. The molecule has 0 rings (SSSR count). The Kier molecular flexibility index (Phi) is 11.5. The molecule has 0 aromatic rings. The Morgan fingerprint density at radius 3 is 2.38 bits per heavy atom. The van der Waals surface area contributed by atoms with E-state index in [0.29, 0.717) is 6.61 Å². The van der Waals surface area contributed by atoms with Crippen LogP contribution in [0.4, 0.5) is 4.79 Å². The van der Waals surface area contributed by atoms with Gasteiger partial charge in [-0.15, -0.1) is 0 Å². The first-order valence-corrected chi connectivity index (χ1v) is 2.02. The van der Waals surface area contributed by atoms with Crippen molar-refractivity contribution in [3.63, 3.8) is 0 Å². The topological polar surface area (TPSA) is 35.5 Å². The molecule has 0 saturated carbocycles. The van der Waals surface area contributed by atoms with Gasteiger partial charge in [-0.2, -0.15) is 0 Å². The molecule has 0 aliphatic rings. The molecule has 0 aliphatic carbocycles. The maximum Gasteiger partial charge on any atom is 1.00 e. The van der Waals surface area contributed by atoms with Gasteiger partial charge in [0.2, 0.25) is 0 Å². The van der Waals surface area contributed by atoms with Gasteiger partial charge in [-0.05, 0) is 6.92 Å². The van der Waals surface area contributed by atoms with Crippen molar-refractivity contribution >= 4 is 6.16 Å². The Balaban J connectivity index is -0.000000180. The van der Waals surface area contributed by atoms with Gasteiger partial charge in [0.1, 0.15) is 0 Å². The summed E-state index contributed by atoms with van der Waals surface area (Å²) in [4.78, 5) is 9.97. The molecular formula is C4H9KO3. The molecule has 0 heterocycles. The molecule has 0 aromatic heterocycles. The van der Waals surface area contributed by atoms with Crippen LogP contribution in [0.15, 0.2) is 0 Å². The number of hydrogen-bond acceptors (Lipinski definition) is 3. The summed E-state index contributed by atoms with van der Waals surface area (Å²) < 4.78 is 8.46. The van der Waals surface area contributed by atoms with Gasteiger partial charge in [0, 0.05) is 0 Å². The molecule has 0 bridgehead atoms. The number of rotatable bonds is 1. The number of carbonyl (C=O) groups is 1. The van der Waals surface area contributed by atoms with Crippen molar-refractivity contribution in [2.45, 2.75) is 6.92 Å². The van der Waals surface area contributed by atoms with Crippen molar-refractivity contribution in [2.75, 3.05) is 13.7 Å². The van der Waals surface area contributed by atoms with Crippen molar-refractivity contribution in [2.24, 2.45) is 0 Å². The molecule has 0 amide bonds. The third-order valence-corrected chi connectivity index (χ3v) is 0.429. The normalized spacial score (nSPS) is 6.75. The first-order valence-electron chi connectivity index (χ1n) is 2.02. The molecule has 0 spiro atoms. The largest absolute Gasteiger partial charge is 1.00 e. The maximum atomic E-state index is 9.97. The van der Waals surface area contributed by atoms with Crippen LogP contribution in [0.25, 0.3) is 0 Å². The van der Waals surface area contributed by atoms with Gasteiger partial charge < -0.3 is 10.9 Å². The zero-order valence-corrected chi connectivity index (χ0v) is 8.55. The maximum absolute atomic E-state index is 9.97. The van der Waals surface area contributed by atoms with E-state index in [0.717, 1.165) is 0 Å². The van der Waals surface area contributed by atoms with E-state index in [-0.39, 0.29) is 52.8 Å². The molecule has 44 valence electrons. The molecular weight excluding hydrogens is 135 g/mol. The van der Waals surface area contributed by atoms with Crippen molar-refractivity contribution in [1.82, 2.24) is 0 Å². The van der Waals surface area contributed by atoms with Crippen LogP contribution in [-0.4, -0.2) is 19.9 Å². The van der Waals surface area contributed by atoms with Crippen LogP contribution in [0.2, 0.25) is 0 Å². The molecule has 4 heteroatoms. The van der Waals surface area contributed by atoms with Crippen LogP contribution in [0.3, 0.4) is 0 Å². The van der Waals surface area contributed by atoms with Crippen LogP contribution in [0.1, 0.15) is 8.35 Å². The fraction of sp³-hybridized carbons (Fsp3) is 0.750. The quantitative estimate of drug-likeness (QED) is 0.312. The summed E-state index contributed by atoms with van der Waals surface area (Å²) >= 11 is 0. The molecule has 8 heavy (non-hydrogen) atoms. The van der Waals surface area contributed by atoms with Crippen LogP contribution in [-0.2, 0) is 9.47 Å². The second-order valence-corrected chi connectivity index (χ2v) is 0.887. The molecule has 0 atom stereocenters. The number of ether oxygens (including phenoxy) is 2. The summed E-state index contributed by atoms with van der Waals surface area (Å²) in [6.45, 7) is 2.09. The summed E-state index contributed by atoms with van der Waals surface area (Å²) in [5.41, 5.74) is 0. The van der Waals surface area contributed by atoms with Gasteiger partial charge in [-0.1, -0.05) is 0 Å². The first kappa shape index (κ1) is 11.7. The third kappa shape index (κ3) is 6.91. The fourth-order valence-electron chi connectivity index (χ4n) is 0.177. The summed E-state index contributed by atoms with van der Waals surface area (Å²) in [6, 6.07) is 0. The minimum absolute atomic E-state index is 0. The molecule has 3 nitrogen and oxygen atoms in total. The van der Waals surface area contributed by atoms with Gasteiger partial charge in [0.05, 0.1) is 13.7 Å². The Hall–Kier alpha value is 0.906. The summed E-state index contributed by atoms with van der Waals surface area (Å²) in [5.74, 6) is 0. The van der Waals surface area contributed by atoms with Crippen LogP contribution in [0.5, 0.6) is 0 Å². The van der Waals surface area contributed by atoms with Gasteiger partial charge in [-0.25, -0.2) is 4.79 Å². The summed E-state index contributed by atoms with van der Waals surface area (Å²) in [7, 11) is 1.28. The average molecular weight is 144 g/mol. The first-order chi connectivity index (χ1) is 3.31. The summed E-state index contributed by atoms with van der Waals surface area (Å²) in [6.07, 6.45) is -0.623. The number of hydrogen-bond donors (Lipinski definition) is 0. The van der Waals surface area contributed by atoms with E-state index in [4.69, 9.17) is 0 Å². The van der Waals surface area contributed by atoms with E-state index in [1.165, 1.54) is 7.11 Å². The van der Waals surface area contributed by atoms with Crippen LogP contribution >= 0.6 is 0 Å². The molecule has 0 aromatic carbocycles. The van der Waals surface area contributed by atoms with E-state index >= 15 is 0 Å². The second kappa shape index (κ2) is 7.91. The zero-order valence-electron chi connectivity index (χ0n) is 6.43. The van der Waals surface area contributed by atoms with Crippen LogP contribution < -0.4 is 51.4 Å². The van der Waals surface area contributed by atoms with Gasteiger partial charge in [0.15, 0.2) is 0 Å². The van der Waals surface area contributed by atoms with Crippen molar-refractivity contribution in [3.8, 4) is 0 Å². The van der Waals surface area contributed by atoms with E-state index in [2.05, 4.69) is 9.47 Å². The van der Waals surface area contributed by atoms with E-state index < -0.39 is 6.16 Å². The minimum atomic E-state index is -0.623. The van der Waals surface area contributed by atoms with Crippen molar-refractivity contribution < 1.29 is 67.1 Å². The van der Waals surface area contributed by atoms with Gasteiger partial charge >= 0.3 is 57.5 Å². The number of carbonyl (C=O) groups excluding carboxylic acids is 1. The predicted molar refractivity (Wildman–Crippen MR) is 25.1 cm³/mol. The molecule has 0 unspecified atom stereocenters. The average Bonchev–Trinajstić information content (AvgIpc) is 1.68. The predicted octanol–water partition coefficient (Wildman–Crippen LogP) is -2.09. The number of methoxy groups -OCH3 is 1. The molecule has 0 radical (unpaired) electrons. The molecule has 0 N–H and O–H groups in total. The van der Waals surface area contributed by atoms with E-state index in [1.54, 1.807) is 6.92 Å². The van der Waals surface area contributed by atoms with E-state index in [1.807, 2.05) is 0 Å². The SMILES string of the molecule is CCOC(=O)OC.[H-].[K+]. The van der Waals surface area contributed by atoms with Crippen molar-refractivity contribution in [3.05, 3.63) is 0 Å². The van der Waals surface area contributed by atoms with E-state index in [9.17, 15) is 4.79 Å². The summed E-state index contributed by atoms with van der Waals surface area (Å²) in [5, 5.41) is 0. The van der Waals surface area contributed by atoms with Crippen LogP contribution in [0, 0.1) is 0 Å². The fourth-order valence-corrected chi connectivity index (χ4v) is 0.177. The second-order valence-electron chi connectivity index (χ2n) is 0.887. The Morgan fingerprint density at radius 1 is 1.75 bits per heavy atom. The third-order valence-electron chi connectivity index (χ3n) is 0.429. The Labute approximate surface area is 92.6 Å². The van der Waals surface area contributed by atoms with Gasteiger partial charge in [0.25, 0.3) is 0 Å². The Bertz CT molecular complexity index is 68.8. The molecule has 0 aliphatic heterocycles. The Morgan fingerprint density at radius 2 is 2.25 bits per heavy atom. The van der Waals surface area contributed by atoms with Gasteiger partial charge in [-0.3, -0.25) is 0 Å². The molecule has 0 fully saturated rings. The van der Waals surface area contributed by atoms with Crippen molar-refractivity contribution in [1.29, 1.82) is 0 Å².